The first-order valence-electron chi connectivity index (χ1n) is 7.20. The van der Waals surface area contributed by atoms with Gasteiger partial charge in [0.1, 0.15) is 0 Å². The first-order valence-corrected chi connectivity index (χ1v) is 8.08. The molecular weight excluding hydrogens is 280 g/mol. The smallest absolute Gasteiger partial charge is 0.224 e. The Morgan fingerprint density at radius 1 is 1.24 bits per heavy atom. The highest BCUT2D eigenvalue weighted by atomic mass is 32.1. The molecule has 0 aliphatic carbocycles. The van der Waals surface area contributed by atoms with Crippen molar-refractivity contribution in [2.75, 3.05) is 6.54 Å². The van der Waals surface area contributed by atoms with Gasteiger partial charge in [-0.2, -0.15) is 0 Å². The quantitative estimate of drug-likeness (QED) is 0.920. The van der Waals surface area contributed by atoms with Crippen molar-refractivity contribution >= 4 is 17.2 Å². The van der Waals surface area contributed by atoms with Gasteiger partial charge in [-0.25, -0.2) is 4.98 Å². The molecule has 0 saturated heterocycles. The minimum atomic E-state index is 0.0637. The number of benzene rings is 1. The Kier molecular flexibility index (Phi) is 5.12. The van der Waals surface area contributed by atoms with Crippen LogP contribution in [0.5, 0.6) is 0 Å². The number of thiazole rings is 1. The normalized spacial score (nSPS) is 11.4. The van der Waals surface area contributed by atoms with E-state index < -0.39 is 0 Å². The number of hydrogen-bond acceptors (Lipinski definition) is 3. The maximum atomic E-state index is 11.8. The van der Waals surface area contributed by atoms with Crippen LogP contribution in [0.1, 0.15) is 37.0 Å². The highest BCUT2D eigenvalue weighted by Gasteiger charge is 2.17. The maximum absolute atomic E-state index is 11.8. The Labute approximate surface area is 130 Å². The van der Waals surface area contributed by atoms with Gasteiger partial charge in [0.25, 0.3) is 0 Å². The van der Waals surface area contributed by atoms with Crippen molar-refractivity contribution in [1.82, 2.24) is 10.3 Å². The summed E-state index contributed by atoms with van der Waals surface area (Å²) in [5, 5.41) is 6.15. The minimum Gasteiger partial charge on any atom is -0.355 e. The van der Waals surface area contributed by atoms with Crippen molar-refractivity contribution in [1.29, 1.82) is 0 Å². The molecule has 2 rings (SSSR count). The summed E-state index contributed by atoms with van der Waals surface area (Å²) in [6, 6.07) is 9.79. The Bertz CT molecular complexity index is 584. The predicted octanol–water partition coefficient (Wildman–Crippen LogP) is 3.34. The Morgan fingerprint density at radius 3 is 2.57 bits per heavy atom. The van der Waals surface area contributed by atoms with Crippen molar-refractivity contribution < 1.29 is 4.79 Å². The summed E-state index contributed by atoms with van der Waals surface area (Å²) in [6.07, 6.45) is 1.23. The number of rotatable bonds is 5. The van der Waals surface area contributed by atoms with E-state index in [2.05, 4.69) is 36.5 Å². The molecule has 3 nitrogen and oxygen atoms in total. The van der Waals surface area contributed by atoms with Gasteiger partial charge < -0.3 is 5.32 Å². The lowest BCUT2D eigenvalue weighted by molar-refractivity contribution is -0.120. The highest BCUT2D eigenvalue weighted by Crippen LogP contribution is 2.23. The largest absolute Gasteiger partial charge is 0.355 e. The first kappa shape index (κ1) is 15.7. The second-order valence-electron chi connectivity index (χ2n) is 6.14. The third kappa shape index (κ3) is 4.97. The third-order valence-electron chi connectivity index (χ3n) is 3.19. The van der Waals surface area contributed by atoms with Crippen LogP contribution in [-0.4, -0.2) is 17.4 Å². The average molecular weight is 302 g/mol. The molecule has 0 unspecified atom stereocenters. The zero-order chi connectivity index (χ0) is 15.3. The fraction of sp³-hybridized carbons (Fsp3) is 0.412. The van der Waals surface area contributed by atoms with E-state index in [0.29, 0.717) is 13.0 Å². The van der Waals surface area contributed by atoms with E-state index in [1.807, 2.05) is 30.3 Å². The van der Waals surface area contributed by atoms with Crippen LogP contribution < -0.4 is 5.32 Å². The van der Waals surface area contributed by atoms with Crippen LogP contribution in [0.4, 0.5) is 0 Å². The Balaban J connectivity index is 1.77. The molecule has 0 aliphatic heterocycles. The number of carbonyl (C=O) groups is 1. The molecule has 1 heterocycles. The van der Waals surface area contributed by atoms with Gasteiger partial charge in [-0.3, -0.25) is 4.79 Å². The second-order valence-corrected chi connectivity index (χ2v) is 7.08. The highest BCUT2D eigenvalue weighted by molar-refractivity contribution is 7.09. The number of amides is 1. The van der Waals surface area contributed by atoms with Gasteiger partial charge in [0.15, 0.2) is 0 Å². The molecule has 0 fully saturated rings. The van der Waals surface area contributed by atoms with E-state index in [1.54, 1.807) is 11.3 Å². The summed E-state index contributed by atoms with van der Waals surface area (Å²) in [7, 11) is 0. The van der Waals surface area contributed by atoms with Gasteiger partial charge >= 0.3 is 0 Å². The fourth-order valence-corrected chi connectivity index (χ4v) is 2.95. The van der Waals surface area contributed by atoms with E-state index in [0.717, 1.165) is 22.7 Å². The number of nitrogens with zero attached hydrogens (tertiary/aromatic N) is 1. The molecule has 0 saturated carbocycles. The molecule has 1 aromatic heterocycles. The SMILES string of the molecule is CC(C)(C)c1csc(CCNC(=O)Cc2ccccc2)n1. The van der Waals surface area contributed by atoms with E-state index in [1.165, 1.54) is 0 Å². The van der Waals surface area contributed by atoms with Crippen LogP contribution in [0.15, 0.2) is 35.7 Å². The Hall–Kier alpha value is -1.68. The summed E-state index contributed by atoms with van der Waals surface area (Å²) in [5.41, 5.74) is 2.25. The minimum absolute atomic E-state index is 0.0637. The molecule has 0 atom stereocenters. The molecule has 0 spiro atoms. The number of carbonyl (C=O) groups excluding carboxylic acids is 1. The van der Waals surface area contributed by atoms with Crippen LogP contribution in [-0.2, 0) is 23.1 Å². The van der Waals surface area contributed by atoms with Gasteiger partial charge in [-0.1, -0.05) is 51.1 Å². The molecule has 112 valence electrons. The molecule has 0 bridgehead atoms. The summed E-state index contributed by atoms with van der Waals surface area (Å²) in [4.78, 5) is 16.5. The first-order chi connectivity index (χ1) is 9.95. The molecule has 1 amide bonds. The number of hydrogen-bond donors (Lipinski definition) is 1. The van der Waals surface area contributed by atoms with Gasteiger partial charge in [-0.15, -0.1) is 11.3 Å². The third-order valence-corrected chi connectivity index (χ3v) is 4.10. The van der Waals surface area contributed by atoms with Crippen LogP contribution in [0.2, 0.25) is 0 Å². The van der Waals surface area contributed by atoms with E-state index in [-0.39, 0.29) is 11.3 Å². The van der Waals surface area contributed by atoms with E-state index in [9.17, 15) is 4.79 Å². The van der Waals surface area contributed by atoms with Crippen molar-refractivity contribution in [3.8, 4) is 0 Å². The molecule has 0 radical (unpaired) electrons. The van der Waals surface area contributed by atoms with Crippen molar-refractivity contribution in [2.24, 2.45) is 0 Å². The summed E-state index contributed by atoms with van der Waals surface area (Å²) in [5.74, 6) is 0.0637. The molecule has 21 heavy (non-hydrogen) atoms. The maximum Gasteiger partial charge on any atom is 0.224 e. The van der Waals surface area contributed by atoms with Gasteiger partial charge in [0.2, 0.25) is 5.91 Å². The lowest BCUT2D eigenvalue weighted by Crippen LogP contribution is -2.27. The van der Waals surface area contributed by atoms with E-state index >= 15 is 0 Å². The lowest BCUT2D eigenvalue weighted by atomic mass is 9.93. The second kappa shape index (κ2) is 6.85. The Morgan fingerprint density at radius 2 is 1.95 bits per heavy atom. The fourth-order valence-electron chi connectivity index (χ4n) is 1.92. The monoisotopic (exact) mass is 302 g/mol. The van der Waals surface area contributed by atoms with Gasteiger partial charge in [0.05, 0.1) is 17.1 Å². The predicted molar refractivity (Wildman–Crippen MR) is 87.7 cm³/mol. The van der Waals surface area contributed by atoms with Crippen LogP contribution >= 0.6 is 11.3 Å². The van der Waals surface area contributed by atoms with Crippen molar-refractivity contribution in [3.63, 3.8) is 0 Å². The van der Waals surface area contributed by atoms with E-state index in [4.69, 9.17) is 0 Å². The molecule has 4 heteroatoms. The number of aromatic nitrogens is 1. The molecule has 2 aromatic rings. The number of nitrogens with one attached hydrogen (secondary N) is 1. The van der Waals surface area contributed by atoms with Gasteiger partial charge in [0, 0.05) is 23.8 Å². The molecule has 1 N–H and O–H groups in total. The summed E-state index contributed by atoms with van der Waals surface area (Å²) < 4.78 is 0. The molecular formula is C17H22N2OS. The average Bonchev–Trinajstić information content (AvgIpc) is 2.88. The standard InChI is InChI=1S/C17H22N2OS/c1-17(2,3)14-12-21-16(19-14)9-10-18-15(20)11-13-7-5-4-6-8-13/h4-8,12H,9-11H2,1-3H3,(H,18,20). The van der Waals surface area contributed by atoms with Crippen LogP contribution in [0.3, 0.4) is 0 Å². The van der Waals surface area contributed by atoms with Crippen LogP contribution in [0, 0.1) is 0 Å². The van der Waals surface area contributed by atoms with Gasteiger partial charge in [-0.05, 0) is 5.56 Å². The topological polar surface area (TPSA) is 42.0 Å². The zero-order valence-electron chi connectivity index (χ0n) is 12.8. The van der Waals surface area contributed by atoms with Crippen molar-refractivity contribution in [2.45, 2.75) is 39.0 Å². The molecule has 1 aromatic carbocycles. The lowest BCUT2D eigenvalue weighted by Gasteiger charge is -2.14. The zero-order valence-corrected chi connectivity index (χ0v) is 13.7. The van der Waals surface area contributed by atoms with Crippen LogP contribution in [0.25, 0.3) is 0 Å². The summed E-state index contributed by atoms with van der Waals surface area (Å²) >= 11 is 1.67. The van der Waals surface area contributed by atoms with Crippen molar-refractivity contribution in [3.05, 3.63) is 52.0 Å². The summed E-state index contributed by atoms with van der Waals surface area (Å²) in [6.45, 7) is 7.12. The molecule has 0 aliphatic rings.